The van der Waals surface area contributed by atoms with E-state index in [1.807, 2.05) is 24.3 Å². The molecule has 0 aliphatic carbocycles. The summed E-state index contributed by atoms with van der Waals surface area (Å²) in [4.78, 5) is 32.6. The first-order valence-electron chi connectivity index (χ1n) is 6.40. The van der Waals surface area contributed by atoms with Crippen LogP contribution in [0.2, 0.25) is 0 Å². The third-order valence-corrected chi connectivity index (χ3v) is 4.73. The van der Waals surface area contributed by atoms with Gasteiger partial charge in [0.05, 0.1) is 5.69 Å². The van der Waals surface area contributed by atoms with Gasteiger partial charge in [-0.2, -0.15) is 0 Å². The Balaban J connectivity index is 1.82. The number of para-hydroxylation sites is 1. The third-order valence-electron chi connectivity index (χ3n) is 2.98. The van der Waals surface area contributed by atoms with Gasteiger partial charge in [0.1, 0.15) is 0 Å². The van der Waals surface area contributed by atoms with E-state index in [1.165, 1.54) is 12.4 Å². The van der Waals surface area contributed by atoms with Crippen LogP contribution in [0.15, 0.2) is 58.3 Å². The number of nitrogens with one attached hydrogen (secondary N) is 1. The van der Waals surface area contributed by atoms with Gasteiger partial charge in [-0.15, -0.1) is 0 Å². The highest BCUT2D eigenvalue weighted by atomic mass is 79.9. The normalized spacial score (nSPS) is 19.2. The number of pyridine rings is 1. The van der Waals surface area contributed by atoms with E-state index in [2.05, 4.69) is 31.2 Å². The molecule has 1 aliphatic rings. The van der Waals surface area contributed by atoms with Gasteiger partial charge in [-0.25, -0.2) is 4.99 Å². The average molecular weight is 376 g/mol. The highest BCUT2D eigenvalue weighted by molar-refractivity contribution is 9.10. The van der Waals surface area contributed by atoms with Crippen LogP contribution in [0, 0.1) is 0 Å². The Hall–Kier alpha value is -1.99. The second-order valence-corrected chi connectivity index (χ2v) is 6.40. The minimum absolute atomic E-state index is 0.248. The van der Waals surface area contributed by atoms with Crippen molar-refractivity contribution in [3.8, 4) is 0 Å². The second-order valence-electron chi connectivity index (χ2n) is 4.46. The number of halogens is 1. The average Bonchev–Trinajstić information content (AvgIpc) is 2.90. The van der Waals surface area contributed by atoms with Gasteiger partial charge in [0, 0.05) is 22.4 Å². The summed E-state index contributed by atoms with van der Waals surface area (Å²) in [5, 5.41) is 2.25. The highest BCUT2D eigenvalue weighted by Crippen LogP contribution is 2.29. The molecule has 0 saturated carbocycles. The van der Waals surface area contributed by atoms with Gasteiger partial charge in [0.15, 0.2) is 16.2 Å². The molecule has 1 atom stereocenters. The fraction of sp³-hybridized carbons (Fsp3) is 0.0667. The van der Waals surface area contributed by atoms with Crippen molar-refractivity contribution in [3.05, 3.63) is 58.8 Å². The van der Waals surface area contributed by atoms with Gasteiger partial charge in [0.2, 0.25) is 5.91 Å². The lowest BCUT2D eigenvalue weighted by Gasteiger charge is -2.03. The standard InChI is InChI=1S/C15H10BrN3O2S/c16-10-3-1-2-4-11(10)18-15-19-14(21)13(22-15)12(20)9-5-7-17-8-6-9/h1-8,13H,(H,18,19,21). The number of Topliss-reactive ketones (excluding diaryl/α,β-unsaturated/α-hetero) is 1. The molecular weight excluding hydrogens is 366 g/mol. The number of amides is 1. The molecule has 3 rings (SSSR count). The second kappa shape index (κ2) is 6.41. The first-order chi connectivity index (χ1) is 10.6. The molecule has 1 N–H and O–H groups in total. The Morgan fingerprint density at radius 1 is 1.23 bits per heavy atom. The van der Waals surface area contributed by atoms with E-state index in [0.29, 0.717) is 16.4 Å². The van der Waals surface area contributed by atoms with Gasteiger partial charge in [0.25, 0.3) is 0 Å². The number of hydrogen-bond donors (Lipinski definition) is 1. The number of thioether (sulfide) groups is 1. The minimum Gasteiger partial charge on any atom is -0.304 e. The lowest BCUT2D eigenvalue weighted by Crippen LogP contribution is -2.30. The van der Waals surface area contributed by atoms with E-state index in [-0.39, 0.29) is 11.7 Å². The summed E-state index contributed by atoms with van der Waals surface area (Å²) in [6.07, 6.45) is 3.06. The Bertz CT molecular complexity index is 764. The summed E-state index contributed by atoms with van der Waals surface area (Å²) in [6.45, 7) is 0. The van der Waals surface area contributed by atoms with Crippen LogP contribution in [0.25, 0.3) is 0 Å². The molecule has 1 fully saturated rings. The van der Waals surface area contributed by atoms with Gasteiger partial charge in [-0.1, -0.05) is 23.9 Å². The SMILES string of the molecule is O=C1NC(=Nc2ccccc2Br)SC1C(=O)c1ccncc1. The largest absolute Gasteiger partial charge is 0.304 e. The van der Waals surface area contributed by atoms with Crippen molar-refractivity contribution in [2.24, 2.45) is 4.99 Å². The van der Waals surface area contributed by atoms with Crippen LogP contribution in [0.3, 0.4) is 0 Å². The molecule has 7 heteroatoms. The molecule has 1 unspecified atom stereocenters. The Labute approximate surface area is 139 Å². The summed E-state index contributed by atoms with van der Waals surface area (Å²) < 4.78 is 0.821. The number of aromatic nitrogens is 1. The predicted octanol–water partition coefficient (Wildman–Crippen LogP) is 2.95. The zero-order valence-corrected chi connectivity index (χ0v) is 13.6. The smallest absolute Gasteiger partial charge is 0.247 e. The van der Waals surface area contributed by atoms with Crippen LogP contribution >= 0.6 is 27.7 Å². The maximum Gasteiger partial charge on any atom is 0.247 e. The van der Waals surface area contributed by atoms with Crippen molar-refractivity contribution in [2.75, 3.05) is 0 Å². The van der Waals surface area contributed by atoms with Crippen molar-refractivity contribution in [2.45, 2.75) is 5.25 Å². The number of carbonyl (C=O) groups excluding carboxylic acids is 2. The summed E-state index contributed by atoms with van der Waals surface area (Å²) >= 11 is 4.52. The van der Waals surface area contributed by atoms with Gasteiger partial charge < -0.3 is 5.32 Å². The van der Waals surface area contributed by atoms with E-state index in [0.717, 1.165) is 16.2 Å². The Morgan fingerprint density at radius 2 is 1.95 bits per heavy atom. The molecule has 0 radical (unpaired) electrons. The molecule has 0 bridgehead atoms. The molecule has 1 saturated heterocycles. The van der Waals surface area contributed by atoms with E-state index >= 15 is 0 Å². The first kappa shape index (κ1) is 14.9. The molecule has 1 aliphatic heterocycles. The van der Waals surface area contributed by atoms with Crippen molar-refractivity contribution < 1.29 is 9.59 Å². The number of carbonyl (C=O) groups is 2. The topological polar surface area (TPSA) is 71.4 Å². The van der Waals surface area contributed by atoms with Crippen molar-refractivity contribution >= 4 is 50.2 Å². The van der Waals surface area contributed by atoms with Crippen LogP contribution in [0.4, 0.5) is 5.69 Å². The van der Waals surface area contributed by atoms with Gasteiger partial charge in [-0.05, 0) is 40.2 Å². The summed E-state index contributed by atoms with van der Waals surface area (Å²) in [7, 11) is 0. The quantitative estimate of drug-likeness (QED) is 0.661. The number of nitrogens with zero attached hydrogens (tertiary/aromatic N) is 2. The maximum atomic E-state index is 12.3. The molecular formula is C15H10BrN3O2S. The zero-order chi connectivity index (χ0) is 15.5. The van der Waals surface area contributed by atoms with Crippen LogP contribution < -0.4 is 5.32 Å². The molecule has 1 amide bonds. The molecule has 1 aromatic carbocycles. The molecule has 2 aromatic rings. The first-order valence-corrected chi connectivity index (χ1v) is 8.07. The maximum absolute atomic E-state index is 12.3. The van der Waals surface area contributed by atoms with E-state index in [1.54, 1.807) is 12.1 Å². The number of hydrogen-bond acceptors (Lipinski definition) is 5. The Morgan fingerprint density at radius 3 is 2.68 bits per heavy atom. The number of rotatable bonds is 3. The van der Waals surface area contributed by atoms with Crippen LogP contribution in [0.5, 0.6) is 0 Å². The fourth-order valence-corrected chi connectivity index (χ4v) is 3.23. The summed E-state index contributed by atoms with van der Waals surface area (Å²) in [6, 6.07) is 10.6. The molecule has 22 heavy (non-hydrogen) atoms. The Kier molecular flexibility index (Phi) is 4.35. The minimum atomic E-state index is -0.816. The molecule has 0 spiro atoms. The number of aliphatic imine (C=N–C) groups is 1. The number of benzene rings is 1. The third kappa shape index (κ3) is 3.10. The molecule has 2 heterocycles. The molecule has 110 valence electrons. The fourth-order valence-electron chi connectivity index (χ4n) is 1.91. The summed E-state index contributed by atoms with van der Waals surface area (Å²) in [5.74, 6) is -0.597. The van der Waals surface area contributed by atoms with Crippen LogP contribution in [-0.4, -0.2) is 27.1 Å². The zero-order valence-electron chi connectivity index (χ0n) is 11.2. The molecule has 1 aromatic heterocycles. The van der Waals surface area contributed by atoms with E-state index in [4.69, 9.17) is 0 Å². The number of amidine groups is 1. The monoisotopic (exact) mass is 375 g/mol. The predicted molar refractivity (Wildman–Crippen MR) is 89.3 cm³/mol. The van der Waals surface area contributed by atoms with Gasteiger partial charge >= 0.3 is 0 Å². The van der Waals surface area contributed by atoms with Gasteiger partial charge in [-0.3, -0.25) is 14.6 Å². The number of ketones is 1. The molecule has 5 nitrogen and oxygen atoms in total. The van der Waals surface area contributed by atoms with Crippen molar-refractivity contribution in [3.63, 3.8) is 0 Å². The van der Waals surface area contributed by atoms with E-state index < -0.39 is 5.25 Å². The van der Waals surface area contributed by atoms with Crippen molar-refractivity contribution in [1.82, 2.24) is 10.3 Å². The van der Waals surface area contributed by atoms with Crippen LogP contribution in [-0.2, 0) is 4.79 Å². The highest BCUT2D eigenvalue weighted by Gasteiger charge is 2.36. The van der Waals surface area contributed by atoms with Crippen LogP contribution in [0.1, 0.15) is 10.4 Å². The van der Waals surface area contributed by atoms with E-state index in [9.17, 15) is 9.59 Å². The lowest BCUT2D eigenvalue weighted by molar-refractivity contribution is -0.118. The summed E-state index contributed by atoms with van der Waals surface area (Å²) in [5.41, 5.74) is 1.16. The lowest BCUT2D eigenvalue weighted by atomic mass is 10.1. The van der Waals surface area contributed by atoms with Crippen molar-refractivity contribution in [1.29, 1.82) is 0 Å².